The van der Waals surface area contributed by atoms with E-state index in [1.807, 2.05) is 19.1 Å². The summed E-state index contributed by atoms with van der Waals surface area (Å²) >= 11 is 0. The molecule has 0 spiro atoms. The third-order valence-corrected chi connectivity index (χ3v) is 7.49. The summed E-state index contributed by atoms with van der Waals surface area (Å²) in [6.07, 6.45) is 0.687. The molecule has 1 amide bonds. The number of para-hydroxylation sites is 1. The highest BCUT2D eigenvalue weighted by atomic mass is 32.2. The van der Waals surface area contributed by atoms with Gasteiger partial charge in [-0.3, -0.25) is 18.7 Å². The van der Waals surface area contributed by atoms with Gasteiger partial charge in [-0.05, 0) is 41.8 Å². The zero-order valence-electron chi connectivity index (χ0n) is 20.1. The zero-order valence-corrected chi connectivity index (χ0v) is 20.9. The number of carbonyl (C=O) groups excluding carboxylic acids is 1. The Morgan fingerprint density at radius 3 is 2.28 bits per heavy atom. The molecule has 0 saturated carbocycles. The topological polar surface area (TPSA) is 119 Å². The van der Waals surface area contributed by atoms with Crippen molar-refractivity contribution in [2.45, 2.75) is 24.3 Å². The van der Waals surface area contributed by atoms with Gasteiger partial charge in [-0.15, -0.1) is 0 Å². The Hall–Kier alpha value is -4.02. The van der Waals surface area contributed by atoms with Crippen molar-refractivity contribution >= 4 is 32.5 Å². The molecule has 0 aliphatic heterocycles. The molecule has 0 saturated heterocycles. The van der Waals surface area contributed by atoms with Crippen molar-refractivity contribution in [2.75, 3.05) is 5.32 Å². The maximum Gasteiger partial charge on any atom is 0.330 e. The number of anilines is 1. The Balaban J connectivity index is 1.75. The van der Waals surface area contributed by atoms with Crippen molar-refractivity contribution in [3.63, 3.8) is 0 Å². The molecule has 36 heavy (non-hydrogen) atoms. The van der Waals surface area contributed by atoms with Crippen molar-refractivity contribution in [1.29, 1.82) is 0 Å². The highest BCUT2D eigenvalue weighted by Crippen LogP contribution is 2.23. The van der Waals surface area contributed by atoms with Crippen LogP contribution in [0.3, 0.4) is 0 Å². The van der Waals surface area contributed by atoms with E-state index in [0.717, 1.165) is 10.1 Å². The van der Waals surface area contributed by atoms with Gasteiger partial charge in [0.25, 0.3) is 5.56 Å². The molecule has 0 aliphatic carbocycles. The third kappa shape index (κ3) is 4.73. The Morgan fingerprint density at radius 2 is 1.58 bits per heavy atom. The van der Waals surface area contributed by atoms with E-state index >= 15 is 0 Å². The molecule has 1 aromatic heterocycles. The van der Waals surface area contributed by atoms with Crippen LogP contribution < -0.4 is 21.3 Å². The summed E-state index contributed by atoms with van der Waals surface area (Å²) < 4.78 is 31.5. The number of rotatable bonds is 7. The minimum absolute atomic E-state index is 0.0695. The van der Waals surface area contributed by atoms with Crippen LogP contribution in [0.2, 0.25) is 0 Å². The van der Waals surface area contributed by atoms with E-state index in [0.29, 0.717) is 23.2 Å². The molecular formula is C26H26N4O5S. The molecule has 1 atom stereocenters. The fraction of sp³-hybridized carbons (Fsp3) is 0.192. The molecule has 0 bridgehead atoms. The standard InChI is InChI=1S/C26H26N4O5S/c1-4-17-10-8-9-13-21(17)27-24(31)23(18-11-6-5-7-12-18)28-36(34,35)19-14-15-22-20(16-19)25(32)30(3)26(33)29(22)2/h5-16,23,28H,4H2,1-3H3,(H,27,31). The molecule has 0 aliphatic rings. The Morgan fingerprint density at radius 1 is 0.917 bits per heavy atom. The van der Waals surface area contributed by atoms with Crippen molar-refractivity contribution in [2.24, 2.45) is 14.1 Å². The second-order valence-corrected chi connectivity index (χ2v) is 10.1. The van der Waals surface area contributed by atoms with E-state index in [1.54, 1.807) is 42.5 Å². The van der Waals surface area contributed by atoms with E-state index in [2.05, 4.69) is 10.0 Å². The highest BCUT2D eigenvalue weighted by Gasteiger charge is 2.28. The number of aromatic nitrogens is 2. The van der Waals surface area contributed by atoms with Gasteiger partial charge in [-0.1, -0.05) is 55.5 Å². The molecule has 9 nitrogen and oxygen atoms in total. The number of benzene rings is 3. The zero-order chi connectivity index (χ0) is 26.0. The van der Waals surface area contributed by atoms with Crippen molar-refractivity contribution in [1.82, 2.24) is 13.9 Å². The van der Waals surface area contributed by atoms with Crippen LogP contribution in [-0.4, -0.2) is 23.5 Å². The summed E-state index contributed by atoms with van der Waals surface area (Å²) in [7, 11) is -1.42. The van der Waals surface area contributed by atoms with E-state index in [9.17, 15) is 22.8 Å². The third-order valence-electron chi connectivity index (χ3n) is 6.07. The molecule has 1 unspecified atom stereocenters. The maximum absolute atomic E-state index is 13.4. The Labute approximate surface area is 208 Å². The number of aryl methyl sites for hydroxylation is 2. The second kappa shape index (κ2) is 9.92. The fourth-order valence-corrected chi connectivity index (χ4v) is 5.25. The lowest BCUT2D eigenvalue weighted by atomic mass is 10.1. The second-order valence-electron chi connectivity index (χ2n) is 8.35. The predicted molar refractivity (Wildman–Crippen MR) is 138 cm³/mol. The lowest BCUT2D eigenvalue weighted by Gasteiger charge is -2.20. The van der Waals surface area contributed by atoms with Crippen LogP contribution in [0.5, 0.6) is 0 Å². The number of nitrogens with zero attached hydrogens (tertiary/aromatic N) is 2. The minimum Gasteiger partial charge on any atom is -0.324 e. The summed E-state index contributed by atoms with van der Waals surface area (Å²) in [6, 6.07) is 18.5. The van der Waals surface area contributed by atoms with Crippen LogP contribution in [0, 0.1) is 0 Å². The molecule has 0 fully saturated rings. The first kappa shape index (κ1) is 25.1. The van der Waals surface area contributed by atoms with E-state index in [-0.39, 0.29) is 10.3 Å². The molecule has 10 heteroatoms. The number of hydrogen-bond acceptors (Lipinski definition) is 5. The first-order valence-electron chi connectivity index (χ1n) is 11.3. The first-order valence-corrected chi connectivity index (χ1v) is 12.8. The number of fused-ring (bicyclic) bond motifs is 1. The number of sulfonamides is 1. The van der Waals surface area contributed by atoms with Crippen molar-refractivity contribution < 1.29 is 13.2 Å². The van der Waals surface area contributed by atoms with Gasteiger partial charge in [0, 0.05) is 19.8 Å². The normalized spacial score (nSPS) is 12.4. The van der Waals surface area contributed by atoms with Gasteiger partial charge in [0.1, 0.15) is 6.04 Å². The summed E-state index contributed by atoms with van der Waals surface area (Å²) in [5, 5.41) is 2.91. The molecule has 1 heterocycles. The summed E-state index contributed by atoms with van der Waals surface area (Å²) in [5.74, 6) is -0.551. The van der Waals surface area contributed by atoms with Crippen LogP contribution >= 0.6 is 0 Å². The average Bonchev–Trinajstić information content (AvgIpc) is 2.89. The van der Waals surface area contributed by atoms with Gasteiger partial charge in [-0.2, -0.15) is 4.72 Å². The van der Waals surface area contributed by atoms with E-state index < -0.39 is 33.2 Å². The molecule has 2 N–H and O–H groups in total. The van der Waals surface area contributed by atoms with Gasteiger partial charge in [0.05, 0.1) is 15.8 Å². The monoisotopic (exact) mass is 506 g/mol. The van der Waals surface area contributed by atoms with Crippen LogP contribution in [0.15, 0.2) is 87.3 Å². The van der Waals surface area contributed by atoms with Crippen molar-refractivity contribution in [3.8, 4) is 0 Å². The largest absolute Gasteiger partial charge is 0.330 e. The summed E-state index contributed by atoms with van der Waals surface area (Å²) in [5.41, 5.74) is 1.13. The van der Waals surface area contributed by atoms with Crippen LogP contribution in [0.4, 0.5) is 5.69 Å². The predicted octanol–water partition coefficient (Wildman–Crippen LogP) is 2.46. The average molecular weight is 507 g/mol. The number of carbonyl (C=O) groups is 1. The number of hydrogen-bond donors (Lipinski definition) is 2. The molecule has 3 aromatic carbocycles. The Kier molecular flexibility index (Phi) is 6.91. The lowest BCUT2D eigenvalue weighted by molar-refractivity contribution is -0.117. The van der Waals surface area contributed by atoms with Crippen LogP contribution in [0.1, 0.15) is 24.1 Å². The van der Waals surface area contributed by atoms with Crippen LogP contribution in [0.25, 0.3) is 10.9 Å². The number of amides is 1. The van der Waals surface area contributed by atoms with E-state index in [4.69, 9.17) is 0 Å². The highest BCUT2D eigenvalue weighted by molar-refractivity contribution is 7.89. The summed E-state index contributed by atoms with van der Waals surface area (Å²) in [6.45, 7) is 1.96. The van der Waals surface area contributed by atoms with Gasteiger partial charge in [0.15, 0.2) is 0 Å². The molecule has 186 valence electrons. The molecular weight excluding hydrogens is 480 g/mol. The molecule has 4 aromatic rings. The van der Waals surface area contributed by atoms with Gasteiger partial charge in [0.2, 0.25) is 15.9 Å². The lowest BCUT2D eigenvalue weighted by Crippen LogP contribution is -2.38. The number of nitrogens with one attached hydrogen (secondary N) is 2. The Bertz CT molecular complexity index is 1670. The first-order chi connectivity index (χ1) is 17.1. The fourth-order valence-electron chi connectivity index (χ4n) is 4.04. The smallest absolute Gasteiger partial charge is 0.324 e. The van der Waals surface area contributed by atoms with Gasteiger partial charge in [-0.25, -0.2) is 13.2 Å². The summed E-state index contributed by atoms with van der Waals surface area (Å²) in [4.78, 5) is 38.0. The van der Waals surface area contributed by atoms with E-state index in [1.165, 1.54) is 36.9 Å². The maximum atomic E-state index is 13.4. The minimum atomic E-state index is -4.25. The molecule has 0 radical (unpaired) electrons. The van der Waals surface area contributed by atoms with Crippen molar-refractivity contribution in [3.05, 3.63) is 105 Å². The van der Waals surface area contributed by atoms with Crippen LogP contribution in [-0.2, 0) is 35.3 Å². The van der Waals surface area contributed by atoms with Gasteiger partial charge < -0.3 is 5.32 Å². The quantitative estimate of drug-likeness (QED) is 0.399. The SMILES string of the molecule is CCc1ccccc1NC(=O)C(NS(=O)(=O)c1ccc2c(c1)c(=O)n(C)c(=O)n2C)c1ccccc1. The van der Waals surface area contributed by atoms with Gasteiger partial charge >= 0.3 is 5.69 Å². The molecule has 4 rings (SSSR count).